The highest BCUT2D eigenvalue weighted by atomic mass is 16.4. The van der Waals surface area contributed by atoms with Crippen LogP contribution in [0.2, 0.25) is 0 Å². The molecule has 0 heterocycles. The number of aliphatic carboxylic acids is 2. The van der Waals surface area contributed by atoms with Gasteiger partial charge in [0.2, 0.25) is 47.3 Å². The molecule has 0 fully saturated rings. The van der Waals surface area contributed by atoms with Gasteiger partial charge in [0.25, 0.3) is 0 Å². The lowest BCUT2D eigenvalue weighted by molar-refractivity contribution is -0.144. The van der Waals surface area contributed by atoms with Crippen molar-refractivity contribution in [1.29, 1.82) is 0 Å². The van der Waals surface area contributed by atoms with Gasteiger partial charge in [0, 0.05) is 6.54 Å². The normalized spacial score (nSPS) is 16.4. The van der Waals surface area contributed by atoms with E-state index >= 15 is 0 Å². The zero-order chi connectivity index (χ0) is 54.2. The number of hydrogen-bond donors (Lipinski definition) is 16. The third-order valence-corrected chi connectivity index (χ3v) is 11.2. The number of rotatable bonds is 33. The van der Waals surface area contributed by atoms with Crippen molar-refractivity contribution in [2.24, 2.45) is 45.9 Å². The van der Waals surface area contributed by atoms with Gasteiger partial charge in [-0.25, -0.2) is 4.79 Å². The number of nitrogens with two attached hydrogens (primary N) is 3. The Bertz CT molecular complexity index is 1810. The zero-order valence-electron chi connectivity index (χ0n) is 41.4. The van der Waals surface area contributed by atoms with Crippen LogP contribution in [0, 0.1) is 23.7 Å². The van der Waals surface area contributed by atoms with E-state index in [-0.39, 0.29) is 37.7 Å². The predicted molar refractivity (Wildman–Crippen MR) is 252 cm³/mol. The molecule has 0 bridgehead atoms. The van der Waals surface area contributed by atoms with Crippen molar-refractivity contribution in [2.45, 2.75) is 161 Å². The van der Waals surface area contributed by atoms with E-state index in [2.05, 4.69) is 47.5 Å². The van der Waals surface area contributed by atoms with Crippen molar-refractivity contribution >= 4 is 65.2 Å². The van der Waals surface area contributed by atoms with Crippen LogP contribution in [0.25, 0.3) is 0 Å². The Morgan fingerprint density at radius 3 is 1.33 bits per heavy atom. The number of carbonyl (C=O) groups excluding carboxylic acids is 8. The number of guanidine groups is 1. The van der Waals surface area contributed by atoms with Crippen LogP contribution < -0.4 is 59.7 Å². The first-order valence-corrected chi connectivity index (χ1v) is 23.1. The van der Waals surface area contributed by atoms with Crippen LogP contribution in [0.15, 0.2) is 4.99 Å². The molecule has 0 radical (unpaired) electrons. The molecule has 27 heteroatoms. The van der Waals surface area contributed by atoms with E-state index in [0.717, 1.165) is 6.92 Å². The molecule has 400 valence electrons. The van der Waals surface area contributed by atoms with Crippen molar-refractivity contribution in [1.82, 2.24) is 42.5 Å². The monoisotopic (exact) mass is 1000 g/mol. The van der Waals surface area contributed by atoms with E-state index < -0.39 is 157 Å². The molecule has 0 aromatic carbocycles. The number of nitrogens with zero attached hydrogens (tertiary/aromatic N) is 1. The molecule has 70 heavy (non-hydrogen) atoms. The molecule has 0 unspecified atom stereocenters. The molecular weight excluding hydrogens is 925 g/mol. The van der Waals surface area contributed by atoms with Crippen LogP contribution in [0.4, 0.5) is 0 Å². The number of hydrogen-bond acceptors (Lipinski definition) is 15. The second-order valence-electron chi connectivity index (χ2n) is 17.9. The standard InChI is InChI=1S/C43H78N12O15/c1-10-21(7)31(53-34(61)24(44)13-12-14-47-43(45)46)39(66)49-26(16-29(59)60)36(63)54-32(22(8)11-2)40(67)55-33(23(9)58)41(68)48-25(15-19(3)4)35(62)50-27(17-56)37(64)51-28(18-57)38(65)52-30(20(5)6)42(69)70/h19-28,30-33,56-58H,10-18,44H2,1-9H3,(H,48,68)(H,49,66)(H,50,62)(H,51,64)(H,52,65)(H,53,61)(H,54,63)(H,55,67)(H,59,60)(H,69,70)(H4,45,46,47)/t21-,22-,23+,24-,25-,26-,27-,28-,30-,31-,32-,33-/m0/s1. The highest BCUT2D eigenvalue weighted by Gasteiger charge is 2.38. The van der Waals surface area contributed by atoms with Crippen molar-refractivity contribution in [2.75, 3.05) is 19.8 Å². The number of aliphatic hydroxyl groups excluding tert-OH is 3. The molecule has 0 saturated heterocycles. The molecule has 27 nitrogen and oxygen atoms in total. The number of carboxylic acids is 2. The predicted octanol–water partition coefficient (Wildman–Crippen LogP) is -5.04. The summed E-state index contributed by atoms with van der Waals surface area (Å²) in [6.07, 6.45) is -1.63. The number of nitrogens with one attached hydrogen (secondary N) is 8. The first-order valence-electron chi connectivity index (χ1n) is 23.1. The van der Waals surface area contributed by atoms with E-state index in [1.165, 1.54) is 13.8 Å². The first kappa shape index (κ1) is 63.8. The van der Waals surface area contributed by atoms with Crippen LogP contribution in [0.3, 0.4) is 0 Å². The SMILES string of the molecule is CC[C@H](C)[C@H](NC(=O)[C@H](CC(=O)O)NC(=O)[C@@H](NC(=O)[C@@H](N)CCCN=C(N)N)[C@@H](C)CC)C(=O)N[C@H](C(=O)N[C@@H](CC(C)C)C(=O)N[C@@H](CO)C(=O)N[C@@H](CO)C(=O)N[C@H](C(=O)O)C(C)C)[C@@H](C)O. The molecule has 19 N–H and O–H groups in total. The molecule has 0 aromatic rings. The van der Waals surface area contributed by atoms with E-state index in [1.807, 2.05) is 0 Å². The summed E-state index contributed by atoms with van der Waals surface area (Å²) in [6, 6.07) is -13.8. The van der Waals surface area contributed by atoms with Crippen molar-refractivity contribution in [3.63, 3.8) is 0 Å². The molecule has 0 aliphatic heterocycles. The molecule has 0 saturated carbocycles. The molecule has 0 aromatic heterocycles. The van der Waals surface area contributed by atoms with Gasteiger partial charge in [-0.1, -0.05) is 68.2 Å². The lowest BCUT2D eigenvalue weighted by Crippen LogP contribution is -2.63. The van der Waals surface area contributed by atoms with Gasteiger partial charge in [-0.3, -0.25) is 48.1 Å². The average Bonchev–Trinajstić information content (AvgIpc) is 3.27. The Labute approximate surface area is 407 Å². The van der Waals surface area contributed by atoms with Gasteiger partial charge < -0.3 is 85.3 Å². The first-order chi connectivity index (χ1) is 32.6. The lowest BCUT2D eigenvalue weighted by atomic mass is 9.96. The third-order valence-electron chi connectivity index (χ3n) is 11.2. The Hall–Kier alpha value is -6.19. The summed E-state index contributed by atoms with van der Waals surface area (Å²) in [6.45, 7) is 12.3. The molecule has 8 amide bonds. The van der Waals surface area contributed by atoms with Gasteiger partial charge in [0.05, 0.1) is 31.8 Å². The van der Waals surface area contributed by atoms with E-state index in [4.69, 9.17) is 17.2 Å². The van der Waals surface area contributed by atoms with Gasteiger partial charge in [-0.05, 0) is 49.9 Å². The second-order valence-corrected chi connectivity index (χ2v) is 17.9. The summed E-state index contributed by atoms with van der Waals surface area (Å²) < 4.78 is 0. The zero-order valence-corrected chi connectivity index (χ0v) is 41.4. The third kappa shape index (κ3) is 22.5. The Morgan fingerprint density at radius 2 is 0.914 bits per heavy atom. The summed E-state index contributed by atoms with van der Waals surface area (Å²) in [5.74, 6) is -13.3. The van der Waals surface area contributed by atoms with Gasteiger partial charge in [0.15, 0.2) is 5.96 Å². The molecule has 0 aliphatic carbocycles. The number of aliphatic hydroxyl groups is 3. The fraction of sp³-hybridized carbons (Fsp3) is 0.744. The minimum absolute atomic E-state index is 0.0947. The van der Waals surface area contributed by atoms with E-state index in [1.54, 1.807) is 41.5 Å². The van der Waals surface area contributed by atoms with Gasteiger partial charge in [-0.2, -0.15) is 0 Å². The largest absolute Gasteiger partial charge is 0.481 e. The molecule has 0 spiro atoms. The molecular formula is C43H78N12O15. The minimum atomic E-state index is -1.80. The van der Waals surface area contributed by atoms with E-state index in [0.29, 0.717) is 12.8 Å². The summed E-state index contributed by atoms with van der Waals surface area (Å²) >= 11 is 0. The summed E-state index contributed by atoms with van der Waals surface area (Å²) in [5, 5.41) is 68.4. The highest BCUT2D eigenvalue weighted by molar-refractivity contribution is 5.99. The quantitative estimate of drug-likeness (QED) is 0.0166. The molecule has 0 aliphatic rings. The van der Waals surface area contributed by atoms with Crippen LogP contribution in [0.1, 0.15) is 101 Å². The fourth-order valence-electron chi connectivity index (χ4n) is 6.53. The maximum atomic E-state index is 13.9. The number of carbonyl (C=O) groups is 10. The smallest absolute Gasteiger partial charge is 0.326 e. The van der Waals surface area contributed by atoms with Crippen molar-refractivity contribution in [3.05, 3.63) is 0 Å². The van der Waals surface area contributed by atoms with Crippen LogP contribution in [-0.2, 0) is 47.9 Å². The Balaban J connectivity index is 6.37. The Morgan fingerprint density at radius 1 is 0.529 bits per heavy atom. The lowest BCUT2D eigenvalue weighted by Gasteiger charge is -2.31. The average molecular weight is 1000 g/mol. The van der Waals surface area contributed by atoms with Crippen LogP contribution in [0.5, 0.6) is 0 Å². The van der Waals surface area contributed by atoms with Crippen molar-refractivity contribution in [3.8, 4) is 0 Å². The minimum Gasteiger partial charge on any atom is -0.481 e. The topological polar surface area (TPSA) is 459 Å². The van der Waals surface area contributed by atoms with Crippen molar-refractivity contribution < 1.29 is 73.5 Å². The number of carboxylic acid groups (broad SMARTS) is 2. The number of aliphatic imine (C=N–C) groups is 1. The maximum absolute atomic E-state index is 13.9. The second kappa shape index (κ2) is 31.8. The van der Waals surface area contributed by atoms with Gasteiger partial charge in [0.1, 0.15) is 48.3 Å². The van der Waals surface area contributed by atoms with Gasteiger partial charge >= 0.3 is 11.9 Å². The van der Waals surface area contributed by atoms with Gasteiger partial charge in [-0.15, -0.1) is 0 Å². The van der Waals surface area contributed by atoms with Crippen LogP contribution in [-0.4, -0.2) is 171 Å². The van der Waals surface area contributed by atoms with Crippen LogP contribution >= 0.6 is 0 Å². The fourth-order valence-corrected chi connectivity index (χ4v) is 6.53. The maximum Gasteiger partial charge on any atom is 0.326 e. The number of amides is 8. The Kier molecular flexibility index (Phi) is 29.0. The molecule has 12 atom stereocenters. The highest BCUT2D eigenvalue weighted by Crippen LogP contribution is 2.14. The van der Waals surface area contributed by atoms with E-state index in [9.17, 15) is 73.5 Å². The summed E-state index contributed by atoms with van der Waals surface area (Å²) in [7, 11) is 0. The summed E-state index contributed by atoms with van der Waals surface area (Å²) in [5.41, 5.74) is 16.7. The summed E-state index contributed by atoms with van der Waals surface area (Å²) in [4.78, 5) is 135. The molecule has 0 rings (SSSR count).